The predicted octanol–water partition coefficient (Wildman–Crippen LogP) is -0.218. The summed E-state index contributed by atoms with van der Waals surface area (Å²) in [6.07, 6.45) is 2.34. The Labute approximate surface area is 99.1 Å². The number of hydrogen-bond donors (Lipinski definition) is 1. The largest absolute Gasteiger partial charge is 0.388 e. The summed E-state index contributed by atoms with van der Waals surface area (Å²) in [5.41, 5.74) is 1.74. The van der Waals surface area contributed by atoms with E-state index in [0.29, 0.717) is 12.2 Å². The van der Waals surface area contributed by atoms with E-state index in [1.807, 2.05) is 20.2 Å². The van der Waals surface area contributed by atoms with Crippen LogP contribution < -0.4 is 0 Å². The minimum atomic E-state index is -0.636. The summed E-state index contributed by atoms with van der Waals surface area (Å²) >= 11 is 0. The summed E-state index contributed by atoms with van der Waals surface area (Å²) in [6, 6.07) is 0. The van der Waals surface area contributed by atoms with E-state index < -0.39 is 6.10 Å². The quantitative estimate of drug-likeness (QED) is 0.793. The highest BCUT2D eigenvalue weighted by Crippen LogP contribution is 2.19. The van der Waals surface area contributed by atoms with Gasteiger partial charge in [0, 0.05) is 25.2 Å². The van der Waals surface area contributed by atoms with Crippen LogP contribution in [0.4, 0.5) is 0 Å². The molecule has 0 saturated carbocycles. The number of aromatic nitrogens is 6. The lowest BCUT2D eigenvalue weighted by atomic mass is 10.1. The van der Waals surface area contributed by atoms with Crippen molar-refractivity contribution in [2.75, 3.05) is 0 Å². The first kappa shape index (κ1) is 11.7. The number of aliphatic hydroxyl groups is 1. The average molecular weight is 236 g/mol. The van der Waals surface area contributed by atoms with E-state index >= 15 is 0 Å². The molecule has 7 nitrogen and oxygen atoms in total. The highest BCUT2D eigenvalue weighted by molar-refractivity contribution is 5.20. The molecular formula is C10H16N6O. The molecule has 2 aromatic rings. The van der Waals surface area contributed by atoms with Crippen molar-refractivity contribution in [1.29, 1.82) is 0 Å². The van der Waals surface area contributed by atoms with E-state index in [0.717, 1.165) is 17.7 Å². The van der Waals surface area contributed by atoms with Gasteiger partial charge in [-0.1, -0.05) is 6.92 Å². The first-order valence-corrected chi connectivity index (χ1v) is 5.53. The van der Waals surface area contributed by atoms with Crippen LogP contribution in [0.1, 0.15) is 30.1 Å². The monoisotopic (exact) mass is 236 g/mol. The Morgan fingerprint density at radius 3 is 2.71 bits per heavy atom. The Hall–Kier alpha value is -1.76. The van der Waals surface area contributed by atoms with Crippen LogP contribution in [0.15, 0.2) is 6.20 Å². The molecule has 0 aliphatic rings. The van der Waals surface area contributed by atoms with E-state index in [9.17, 15) is 5.11 Å². The van der Waals surface area contributed by atoms with Gasteiger partial charge in [-0.25, -0.2) is 0 Å². The zero-order valence-electron chi connectivity index (χ0n) is 10.2. The fraction of sp³-hybridized carbons (Fsp3) is 0.600. The predicted molar refractivity (Wildman–Crippen MR) is 60.0 cm³/mol. The lowest BCUT2D eigenvalue weighted by molar-refractivity contribution is 0.174. The van der Waals surface area contributed by atoms with Crippen LogP contribution in [0.25, 0.3) is 0 Å². The fourth-order valence-electron chi connectivity index (χ4n) is 1.79. The van der Waals surface area contributed by atoms with Crippen molar-refractivity contribution < 1.29 is 5.11 Å². The lowest BCUT2D eigenvalue weighted by Gasteiger charge is -2.06. The van der Waals surface area contributed by atoms with Gasteiger partial charge >= 0.3 is 0 Å². The molecule has 1 unspecified atom stereocenters. The highest BCUT2D eigenvalue weighted by atomic mass is 16.3. The minimum absolute atomic E-state index is 0.354. The molecule has 0 aliphatic carbocycles. The molecule has 2 rings (SSSR count). The van der Waals surface area contributed by atoms with Crippen LogP contribution in [0.3, 0.4) is 0 Å². The van der Waals surface area contributed by atoms with E-state index in [1.165, 1.54) is 4.80 Å². The van der Waals surface area contributed by atoms with Gasteiger partial charge in [0.1, 0.15) is 0 Å². The van der Waals surface area contributed by atoms with Gasteiger partial charge in [0.2, 0.25) is 0 Å². The van der Waals surface area contributed by atoms with Gasteiger partial charge < -0.3 is 5.11 Å². The average Bonchev–Trinajstić information content (AvgIpc) is 2.84. The summed E-state index contributed by atoms with van der Waals surface area (Å²) in [5.74, 6) is 0.533. The second-order valence-corrected chi connectivity index (χ2v) is 3.97. The molecule has 1 N–H and O–H groups in total. The summed E-state index contributed by atoms with van der Waals surface area (Å²) < 4.78 is 1.71. The van der Waals surface area contributed by atoms with Crippen molar-refractivity contribution in [3.63, 3.8) is 0 Å². The molecule has 0 aliphatic heterocycles. The molecule has 7 heteroatoms. The SMILES string of the molecule is CCc1nn(C)cc1C(O)Cc1nnn(C)n1. The molecule has 1 atom stereocenters. The van der Waals surface area contributed by atoms with Gasteiger partial charge in [-0.15, -0.1) is 10.2 Å². The number of tetrazole rings is 1. The molecule has 0 fully saturated rings. The summed E-state index contributed by atoms with van der Waals surface area (Å²) in [6.45, 7) is 2.01. The Balaban J connectivity index is 2.16. The molecule has 0 aromatic carbocycles. The van der Waals surface area contributed by atoms with Crippen molar-refractivity contribution in [2.45, 2.75) is 25.9 Å². The van der Waals surface area contributed by atoms with Crippen LogP contribution in [0, 0.1) is 0 Å². The summed E-state index contributed by atoms with van der Waals surface area (Å²) in [5, 5.41) is 26.1. The maximum atomic E-state index is 10.1. The van der Waals surface area contributed by atoms with E-state index in [4.69, 9.17) is 0 Å². The second-order valence-electron chi connectivity index (χ2n) is 3.97. The first-order valence-electron chi connectivity index (χ1n) is 5.53. The Morgan fingerprint density at radius 1 is 1.35 bits per heavy atom. The first-order chi connectivity index (χ1) is 8.10. The number of aryl methyl sites for hydroxylation is 3. The smallest absolute Gasteiger partial charge is 0.177 e. The summed E-state index contributed by atoms with van der Waals surface area (Å²) in [4.78, 5) is 1.38. The van der Waals surface area contributed by atoms with E-state index in [1.54, 1.807) is 11.7 Å². The molecule has 0 saturated heterocycles. The third kappa shape index (κ3) is 2.50. The normalized spacial score (nSPS) is 12.9. The zero-order chi connectivity index (χ0) is 12.4. The maximum Gasteiger partial charge on any atom is 0.177 e. The van der Waals surface area contributed by atoms with E-state index in [-0.39, 0.29) is 0 Å². The van der Waals surface area contributed by atoms with Gasteiger partial charge in [-0.2, -0.15) is 9.90 Å². The molecule has 0 bridgehead atoms. The number of aliphatic hydroxyl groups excluding tert-OH is 1. The van der Waals surface area contributed by atoms with Crippen molar-refractivity contribution in [2.24, 2.45) is 14.1 Å². The van der Waals surface area contributed by atoms with Crippen LogP contribution in [0.2, 0.25) is 0 Å². The third-order valence-corrected chi connectivity index (χ3v) is 2.56. The number of hydrogen-bond acceptors (Lipinski definition) is 5. The standard InChI is InChI=1S/C10H16N6O/c1-4-8-7(6-15(2)12-8)9(17)5-10-11-14-16(3)13-10/h6,9,17H,4-5H2,1-3H3. The second kappa shape index (κ2) is 4.62. The van der Waals surface area contributed by atoms with Crippen LogP contribution in [0.5, 0.6) is 0 Å². The van der Waals surface area contributed by atoms with Crippen molar-refractivity contribution in [3.8, 4) is 0 Å². The Morgan fingerprint density at radius 2 is 2.12 bits per heavy atom. The summed E-state index contributed by atoms with van der Waals surface area (Å²) in [7, 11) is 3.54. The highest BCUT2D eigenvalue weighted by Gasteiger charge is 2.17. The number of nitrogens with zero attached hydrogens (tertiary/aromatic N) is 6. The molecule has 2 aromatic heterocycles. The van der Waals surface area contributed by atoms with Crippen LogP contribution in [-0.4, -0.2) is 35.1 Å². The Bertz CT molecular complexity index is 503. The van der Waals surface area contributed by atoms with Gasteiger partial charge in [-0.3, -0.25) is 4.68 Å². The topological polar surface area (TPSA) is 81.6 Å². The van der Waals surface area contributed by atoms with Gasteiger partial charge in [0.05, 0.1) is 18.8 Å². The molecule has 0 radical (unpaired) electrons. The van der Waals surface area contributed by atoms with Crippen molar-refractivity contribution >= 4 is 0 Å². The molecule has 0 spiro atoms. The van der Waals surface area contributed by atoms with Crippen molar-refractivity contribution in [3.05, 3.63) is 23.3 Å². The van der Waals surface area contributed by atoms with Gasteiger partial charge in [-0.05, 0) is 11.6 Å². The van der Waals surface area contributed by atoms with Gasteiger partial charge in [0.25, 0.3) is 0 Å². The molecular weight excluding hydrogens is 220 g/mol. The fourth-order valence-corrected chi connectivity index (χ4v) is 1.79. The van der Waals surface area contributed by atoms with E-state index in [2.05, 4.69) is 20.5 Å². The number of rotatable bonds is 4. The molecule has 2 heterocycles. The third-order valence-electron chi connectivity index (χ3n) is 2.56. The molecule has 92 valence electrons. The Kier molecular flexibility index (Phi) is 3.19. The minimum Gasteiger partial charge on any atom is -0.388 e. The van der Waals surface area contributed by atoms with Crippen LogP contribution in [-0.2, 0) is 26.9 Å². The maximum absolute atomic E-state index is 10.1. The van der Waals surface area contributed by atoms with Crippen molar-refractivity contribution in [1.82, 2.24) is 30.0 Å². The van der Waals surface area contributed by atoms with Crippen LogP contribution >= 0.6 is 0 Å². The molecule has 17 heavy (non-hydrogen) atoms. The zero-order valence-corrected chi connectivity index (χ0v) is 10.2. The lowest BCUT2D eigenvalue weighted by Crippen LogP contribution is -2.05. The van der Waals surface area contributed by atoms with Gasteiger partial charge in [0.15, 0.2) is 5.82 Å². The molecule has 0 amide bonds.